The van der Waals surface area contributed by atoms with Crippen LogP contribution in [0.15, 0.2) is 23.3 Å². The van der Waals surface area contributed by atoms with E-state index in [1.165, 1.54) is 64.2 Å². The minimum atomic E-state index is -0.506. The van der Waals surface area contributed by atoms with Crippen LogP contribution >= 0.6 is 11.8 Å². The summed E-state index contributed by atoms with van der Waals surface area (Å²) in [6.45, 7) is 13.8. The van der Waals surface area contributed by atoms with Crippen LogP contribution in [0.4, 0.5) is 4.39 Å². The minimum absolute atomic E-state index is 0.155. The van der Waals surface area contributed by atoms with Crippen LogP contribution in [-0.2, 0) is 0 Å². The van der Waals surface area contributed by atoms with Crippen molar-refractivity contribution in [3.63, 3.8) is 0 Å². The van der Waals surface area contributed by atoms with Crippen molar-refractivity contribution in [3.8, 4) is 0 Å². The van der Waals surface area contributed by atoms with E-state index in [2.05, 4.69) is 58.3 Å². The molecular weight excluding hydrogens is 574 g/mol. The van der Waals surface area contributed by atoms with E-state index in [0.717, 1.165) is 80.9 Å². The van der Waals surface area contributed by atoms with E-state index >= 15 is 0 Å². The van der Waals surface area contributed by atoms with Crippen molar-refractivity contribution < 1.29 is 9.50 Å². The summed E-state index contributed by atoms with van der Waals surface area (Å²) < 4.78 is 13.3. The van der Waals surface area contributed by atoms with E-state index in [0.29, 0.717) is 27.7 Å². The molecule has 0 radical (unpaired) electrons. The Morgan fingerprint density at radius 2 is 1.76 bits per heavy atom. The maximum atomic E-state index is 13.3. The predicted molar refractivity (Wildman–Crippen MR) is 191 cm³/mol. The van der Waals surface area contributed by atoms with Crippen molar-refractivity contribution >= 4 is 11.8 Å². The van der Waals surface area contributed by atoms with Gasteiger partial charge in [0, 0.05) is 5.54 Å². The standard InChI is InChI=1S/C41H68FNOS/c1-7-18-40(44,25-27-45-6)24-26-43-41-19-8-9-35(41)34-14-15-36-37(3)20-16-32(31-12-10-30(28-42)11-13-31)29(2)33(37)17-21-39(36,5)38(34,4)22-23-41/h12,16,29-30,33-36,43-44H,7-11,13-15,17-28H2,1-6H3/t29?,30?,33?,34?,35-,36?,37?,38-,39?,40-,41?/m1/s1. The molecule has 6 aliphatic carbocycles. The average Bonchev–Trinajstić information content (AvgIpc) is 3.45. The highest BCUT2D eigenvalue weighted by atomic mass is 32.2. The van der Waals surface area contributed by atoms with Crippen molar-refractivity contribution in [2.24, 2.45) is 51.8 Å². The number of fused-ring (bicyclic) bond motifs is 7. The molecule has 2 N–H and O–H groups in total. The Morgan fingerprint density at radius 3 is 2.47 bits per heavy atom. The number of rotatable bonds is 11. The van der Waals surface area contributed by atoms with Crippen LogP contribution in [0.2, 0.25) is 0 Å². The number of alkyl halides is 1. The molecule has 45 heavy (non-hydrogen) atoms. The summed E-state index contributed by atoms with van der Waals surface area (Å²) >= 11 is 1.87. The highest BCUT2D eigenvalue weighted by molar-refractivity contribution is 7.98. The highest BCUT2D eigenvalue weighted by Crippen LogP contribution is 2.75. The Bertz CT molecular complexity index is 1120. The van der Waals surface area contributed by atoms with Crippen LogP contribution in [-0.4, -0.2) is 41.5 Å². The van der Waals surface area contributed by atoms with Gasteiger partial charge < -0.3 is 10.4 Å². The van der Waals surface area contributed by atoms with Crippen LogP contribution in [0, 0.1) is 51.8 Å². The molecule has 0 heterocycles. The van der Waals surface area contributed by atoms with Crippen molar-refractivity contribution in [2.75, 3.05) is 25.2 Å². The lowest BCUT2D eigenvalue weighted by Crippen LogP contribution is -2.67. The molecule has 0 aromatic carbocycles. The fourth-order valence-corrected chi connectivity index (χ4v) is 14.1. The van der Waals surface area contributed by atoms with Gasteiger partial charge in [-0.05, 0) is 178 Å². The molecule has 4 fully saturated rings. The Balaban J connectivity index is 1.19. The number of allylic oxidation sites excluding steroid dienone is 4. The topological polar surface area (TPSA) is 32.3 Å². The number of aliphatic hydroxyl groups is 1. The van der Waals surface area contributed by atoms with Crippen LogP contribution in [0.5, 0.6) is 0 Å². The molecule has 4 saturated carbocycles. The number of thioether (sulfide) groups is 1. The predicted octanol–water partition coefficient (Wildman–Crippen LogP) is 10.7. The van der Waals surface area contributed by atoms with Gasteiger partial charge in [0.2, 0.25) is 0 Å². The second-order valence-electron chi connectivity index (χ2n) is 17.9. The smallest absolute Gasteiger partial charge is 0.0925 e. The highest BCUT2D eigenvalue weighted by Gasteiger charge is 2.68. The van der Waals surface area contributed by atoms with E-state index in [4.69, 9.17) is 0 Å². The Labute approximate surface area is 281 Å². The van der Waals surface area contributed by atoms with E-state index in [1.54, 1.807) is 11.1 Å². The van der Waals surface area contributed by atoms with E-state index in [9.17, 15) is 9.50 Å². The third-order valence-electron chi connectivity index (χ3n) is 16.2. The minimum Gasteiger partial charge on any atom is -0.390 e. The number of halogens is 1. The lowest BCUT2D eigenvalue weighted by atomic mass is 9.34. The molecule has 0 bridgehead atoms. The molecule has 6 rings (SSSR count). The molecule has 0 aromatic heterocycles. The average molecular weight is 642 g/mol. The van der Waals surface area contributed by atoms with Crippen molar-refractivity contribution in [1.82, 2.24) is 5.32 Å². The Hall–Kier alpha value is -0.320. The zero-order valence-electron chi connectivity index (χ0n) is 30.0. The van der Waals surface area contributed by atoms with Gasteiger partial charge in [-0.2, -0.15) is 11.8 Å². The monoisotopic (exact) mass is 642 g/mol. The fraction of sp³-hybridized carbons (Fsp3) is 0.902. The van der Waals surface area contributed by atoms with Gasteiger partial charge in [-0.25, -0.2) is 0 Å². The molecule has 0 saturated heterocycles. The first-order valence-corrected chi connectivity index (χ1v) is 20.8. The maximum Gasteiger partial charge on any atom is 0.0925 e. The Kier molecular flexibility index (Phi) is 10.1. The molecule has 0 aliphatic heterocycles. The molecule has 256 valence electrons. The van der Waals surface area contributed by atoms with Gasteiger partial charge in [-0.3, -0.25) is 4.39 Å². The lowest BCUT2D eigenvalue weighted by molar-refractivity contribution is -0.212. The van der Waals surface area contributed by atoms with Crippen molar-refractivity contribution in [1.29, 1.82) is 0 Å². The fourth-order valence-electron chi connectivity index (χ4n) is 13.5. The van der Waals surface area contributed by atoms with Gasteiger partial charge >= 0.3 is 0 Å². The molecule has 2 nitrogen and oxygen atoms in total. The molecule has 11 atom stereocenters. The van der Waals surface area contributed by atoms with Crippen LogP contribution in [0.25, 0.3) is 0 Å². The quantitative estimate of drug-likeness (QED) is 0.235. The summed E-state index contributed by atoms with van der Waals surface area (Å²) in [6.07, 6.45) is 27.8. The Morgan fingerprint density at radius 1 is 0.933 bits per heavy atom. The zero-order chi connectivity index (χ0) is 32.1. The van der Waals surface area contributed by atoms with Gasteiger partial charge in [0.05, 0.1) is 12.3 Å². The summed E-state index contributed by atoms with van der Waals surface area (Å²) in [5, 5.41) is 15.7. The summed E-state index contributed by atoms with van der Waals surface area (Å²) in [4.78, 5) is 0. The summed E-state index contributed by atoms with van der Waals surface area (Å²) in [6, 6.07) is 0. The second-order valence-corrected chi connectivity index (χ2v) is 18.9. The van der Waals surface area contributed by atoms with Gasteiger partial charge in [-0.15, -0.1) is 0 Å². The molecule has 0 amide bonds. The number of hydrogen-bond donors (Lipinski definition) is 2. The van der Waals surface area contributed by atoms with Gasteiger partial charge in [0.1, 0.15) is 0 Å². The lowest BCUT2D eigenvalue weighted by Gasteiger charge is -2.71. The summed E-state index contributed by atoms with van der Waals surface area (Å²) in [7, 11) is 0. The van der Waals surface area contributed by atoms with E-state index in [1.807, 2.05) is 11.8 Å². The first kappa shape index (κ1) is 34.5. The van der Waals surface area contributed by atoms with Crippen LogP contribution in [0.3, 0.4) is 0 Å². The summed E-state index contributed by atoms with van der Waals surface area (Å²) in [5.74, 6) is 5.16. The largest absolute Gasteiger partial charge is 0.390 e. The van der Waals surface area contributed by atoms with Crippen molar-refractivity contribution in [2.45, 2.75) is 155 Å². The number of nitrogens with one attached hydrogen (secondary N) is 1. The third-order valence-corrected chi connectivity index (χ3v) is 16.8. The first-order chi connectivity index (χ1) is 21.5. The SMILES string of the molecule is CCC[C@@](O)(CCNC12CCC[C@@H]1C1CCC3C4(C)CC=C(C5=CCC(CF)CC5)C(C)C4CCC3(C)[C@]1(C)CC2)CCSC. The number of hydrogen-bond acceptors (Lipinski definition) is 3. The van der Waals surface area contributed by atoms with Crippen molar-refractivity contribution in [3.05, 3.63) is 23.3 Å². The maximum absolute atomic E-state index is 13.3. The van der Waals surface area contributed by atoms with E-state index < -0.39 is 5.60 Å². The molecule has 0 aromatic rings. The van der Waals surface area contributed by atoms with Gasteiger partial charge in [-0.1, -0.05) is 59.6 Å². The third kappa shape index (κ3) is 5.77. The van der Waals surface area contributed by atoms with Crippen LogP contribution < -0.4 is 5.32 Å². The van der Waals surface area contributed by atoms with Gasteiger partial charge in [0.25, 0.3) is 0 Å². The molecule has 8 unspecified atom stereocenters. The molecule has 6 aliphatic rings. The first-order valence-electron chi connectivity index (χ1n) is 19.4. The molecule has 0 spiro atoms. The molecule has 4 heteroatoms. The van der Waals surface area contributed by atoms with Gasteiger partial charge in [0.15, 0.2) is 0 Å². The zero-order valence-corrected chi connectivity index (χ0v) is 30.8. The van der Waals surface area contributed by atoms with Crippen LogP contribution in [0.1, 0.15) is 144 Å². The van der Waals surface area contributed by atoms with E-state index in [-0.39, 0.29) is 12.6 Å². The second kappa shape index (κ2) is 13.2. The summed E-state index contributed by atoms with van der Waals surface area (Å²) in [5.41, 5.74) is 4.22. The molecular formula is C41H68FNOS. The normalized spacial score (nSPS) is 45.8.